The molecule has 0 atom stereocenters. The molecule has 0 saturated carbocycles. The number of rotatable bonds is 5. The van der Waals surface area contributed by atoms with E-state index in [1.165, 1.54) is 0 Å². The van der Waals surface area contributed by atoms with Gasteiger partial charge < -0.3 is 20.1 Å². The number of hydrogen-bond acceptors (Lipinski definition) is 3. The highest BCUT2D eigenvalue weighted by molar-refractivity contribution is 9.10. The molecule has 0 bridgehead atoms. The van der Waals surface area contributed by atoms with E-state index in [1.54, 1.807) is 14.2 Å². The minimum absolute atomic E-state index is 0.270. The predicted molar refractivity (Wildman–Crippen MR) is 99.0 cm³/mol. The van der Waals surface area contributed by atoms with E-state index in [-0.39, 0.29) is 6.03 Å². The Morgan fingerprint density at radius 1 is 1.12 bits per heavy atom. The number of urea groups is 1. The lowest BCUT2D eigenvalue weighted by Crippen LogP contribution is -2.29. The molecule has 2 rings (SSSR count). The lowest BCUT2D eigenvalue weighted by Gasteiger charge is -2.15. The summed E-state index contributed by atoms with van der Waals surface area (Å²) >= 11 is 3.45. The van der Waals surface area contributed by atoms with Crippen LogP contribution < -0.4 is 20.1 Å². The SMILES string of the molecule is COc1cccc(CNC(=O)Nc2c(C)cc(Br)cc2C)c1OC. The van der Waals surface area contributed by atoms with Crippen LogP contribution >= 0.6 is 15.9 Å². The number of carbonyl (C=O) groups excluding carboxylic acids is 1. The lowest BCUT2D eigenvalue weighted by atomic mass is 10.1. The molecule has 0 fully saturated rings. The molecule has 0 aliphatic rings. The van der Waals surface area contributed by atoms with E-state index in [2.05, 4.69) is 26.6 Å². The molecule has 24 heavy (non-hydrogen) atoms. The van der Waals surface area contributed by atoms with E-state index in [9.17, 15) is 4.79 Å². The Bertz CT molecular complexity index is 724. The van der Waals surface area contributed by atoms with E-state index in [1.807, 2.05) is 44.2 Å². The first-order valence-corrected chi connectivity index (χ1v) is 8.27. The standard InChI is InChI=1S/C18H21BrN2O3/c1-11-8-14(19)9-12(2)16(11)21-18(22)20-10-13-6-5-7-15(23-3)17(13)24-4/h5-9H,10H2,1-4H3,(H2,20,21,22). The smallest absolute Gasteiger partial charge is 0.319 e. The summed E-state index contributed by atoms with van der Waals surface area (Å²) in [7, 11) is 3.16. The second-order valence-electron chi connectivity index (χ2n) is 5.37. The maximum absolute atomic E-state index is 12.2. The molecule has 2 aromatic carbocycles. The highest BCUT2D eigenvalue weighted by atomic mass is 79.9. The zero-order valence-corrected chi connectivity index (χ0v) is 15.8. The van der Waals surface area contributed by atoms with Crippen LogP contribution in [-0.2, 0) is 6.54 Å². The molecule has 2 aromatic rings. The van der Waals surface area contributed by atoms with Gasteiger partial charge in [0.05, 0.1) is 14.2 Å². The van der Waals surface area contributed by atoms with Crippen molar-refractivity contribution in [3.05, 3.63) is 51.5 Å². The summed E-state index contributed by atoms with van der Waals surface area (Å²) in [6.07, 6.45) is 0. The van der Waals surface area contributed by atoms with Gasteiger partial charge in [-0.15, -0.1) is 0 Å². The summed E-state index contributed by atoms with van der Waals surface area (Å²) < 4.78 is 11.6. The van der Waals surface area contributed by atoms with Gasteiger partial charge in [-0.1, -0.05) is 28.1 Å². The van der Waals surface area contributed by atoms with Gasteiger partial charge in [-0.2, -0.15) is 0 Å². The zero-order chi connectivity index (χ0) is 17.7. The molecule has 0 heterocycles. The van der Waals surface area contributed by atoms with Crippen LogP contribution in [0.25, 0.3) is 0 Å². The van der Waals surface area contributed by atoms with Crippen LogP contribution in [0.3, 0.4) is 0 Å². The normalized spacial score (nSPS) is 10.2. The van der Waals surface area contributed by atoms with Gasteiger partial charge in [-0.25, -0.2) is 4.79 Å². The second-order valence-corrected chi connectivity index (χ2v) is 6.29. The van der Waals surface area contributed by atoms with Crippen molar-refractivity contribution in [2.75, 3.05) is 19.5 Å². The van der Waals surface area contributed by atoms with Crippen molar-refractivity contribution in [3.8, 4) is 11.5 Å². The Morgan fingerprint density at radius 3 is 2.38 bits per heavy atom. The Kier molecular flexibility index (Phi) is 6.09. The van der Waals surface area contributed by atoms with Crippen LogP contribution in [0.2, 0.25) is 0 Å². The molecule has 0 aromatic heterocycles. The third-order valence-electron chi connectivity index (χ3n) is 3.66. The van der Waals surface area contributed by atoms with Crippen LogP contribution in [0.4, 0.5) is 10.5 Å². The molecule has 0 aliphatic carbocycles. The molecule has 0 radical (unpaired) electrons. The minimum atomic E-state index is -0.270. The molecule has 0 aliphatic heterocycles. The number of amides is 2. The highest BCUT2D eigenvalue weighted by Gasteiger charge is 2.12. The molecule has 2 N–H and O–H groups in total. The summed E-state index contributed by atoms with van der Waals surface area (Å²) in [6, 6.07) is 9.23. The van der Waals surface area contributed by atoms with E-state index in [4.69, 9.17) is 9.47 Å². The van der Waals surface area contributed by atoms with Gasteiger partial charge in [0.25, 0.3) is 0 Å². The Morgan fingerprint density at radius 2 is 1.79 bits per heavy atom. The number of hydrogen-bond donors (Lipinski definition) is 2. The molecule has 128 valence electrons. The van der Waals surface area contributed by atoms with Crippen molar-refractivity contribution >= 4 is 27.6 Å². The fraction of sp³-hybridized carbons (Fsp3) is 0.278. The van der Waals surface area contributed by atoms with Crippen molar-refractivity contribution < 1.29 is 14.3 Å². The lowest BCUT2D eigenvalue weighted by molar-refractivity contribution is 0.251. The molecule has 2 amide bonds. The first-order chi connectivity index (χ1) is 11.5. The van der Waals surface area contributed by atoms with E-state index < -0.39 is 0 Å². The predicted octanol–water partition coefficient (Wildman–Crippen LogP) is 4.40. The summed E-state index contributed by atoms with van der Waals surface area (Å²) in [6.45, 7) is 4.25. The molecule has 5 nitrogen and oxygen atoms in total. The number of carbonyl (C=O) groups is 1. The number of aryl methyl sites for hydroxylation is 2. The zero-order valence-electron chi connectivity index (χ0n) is 14.2. The van der Waals surface area contributed by atoms with E-state index >= 15 is 0 Å². The molecule has 0 unspecified atom stereocenters. The fourth-order valence-corrected chi connectivity index (χ4v) is 3.22. The van der Waals surface area contributed by atoms with Crippen molar-refractivity contribution in [2.24, 2.45) is 0 Å². The van der Waals surface area contributed by atoms with Crippen LogP contribution in [0, 0.1) is 13.8 Å². The first-order valence-electron chi connectivity index (χ1n) is 7.47. The van der Waals surface area contributed by atoms with Crippen LogP contribution in [0.1, 0.15) is 16.7 Å². The summed E-state index contributed by atoms with van der Waals surface area (Å²) in [5, 5.41) is 5.74. The first kappa shape index (κ1) is 18.1. The van der Waals surface area contributed by atoms with Crippen LogP contribution in [0.5, 0.6) is 11.5 Å². The van der Waals surface area contributed by atoms with E-state index in [0.29, 0.717) is 18.0 Å². The Hall–Kier alpha value is -2.21. The summed E-state index contributed by atoms with van der Waals surface area (Å²) in [5.41, 5.74) is 3.65. The number of methoxy groups -OCH3 is 2. The quantitative estimate of drug-likeness (QED) is 0.792. The highest BCUT2D eigenvalue weighted by Crippen LogP contribution is 2.30. The van der Waals surface area contributed by atoms with Crippen LogP contribution in [-0.4, -0.2) is 20.3 Å². The average molecular weight is 393 g/mol. The maximum Gasteiger partial charge on any atom is 0.319 e. The topological polar surface area (TPSA) is 59.6 Å². The minimum Gasteiger partial charge on any atom is -0.493 e. The van der Waals surface area contributed by atoms with Gasteiger partial charge in [-0.3, -0.25) is 0 Å². The second kappa shape index (κ2) is 8.06. The van der Waals surface area contributed by atoms with Gasteiger partial charge >= 0.3 is 6.03 Å². The third-order valence-corrected chi connectivity index (χ3v) is 4.12. The largest absolute Gasteiger partial charge is 0.493 e. The molecular formula is C18H21BrN2O3. The van der Waals surface area contributed by atoms with Gasteiger partial charge in [0, 0.05) is 22.3 Å². The fourth-order valence-electron chi connectivity index (χ4n) is 2.53. The van der Waals surface area contributed by atoms with E-state index in [0.717, 1.165) is 26.9 Å². The van der Waals surface area contributed by atoms with Crippen molar-refractivity contribution in [2.45, 2.75) is 20.4 Å². The van der Waals surface area contributed by atoms with Crippen molar-refractivity contribution in [3.63, 3.8) is 0 Å². The number of anilines is 1. The number of ether oxygens (including phenoxy) is 2. The monoisotopic (exact) mass is 392 g/mol. The van der Waals surface area contributed by atoms with Gasteiger partial charge in [-0.05, 0) is 43.2 Å². The van der Waals surface area contributed by atoms with Crippen LogP contribution in [0.15, 0.2) is 34.8 Å². The van der Waals surface area contributed by atoms with Crippen molar-refractivity contribution in [1.29, 1.82) is 0 Å². The molecule has 0 saturated heterocycles. The number of benzene rings is 2. The average Bonchev–Trinajstić information content (AvgIpc) is 2.55. The maximum atomic E-state index is 12.2. The van der Waals surface area contributed by atoms with Crippen molar-refractivity contribution in [1.82, 2.24) is 5.32 Å². The van der Waals surface area contributed by atoms with Gasteiger partial charge in [0.2, 0.25) is 0 Å². The number of halogens is 1. The molecule has 0 spiro atoms. The number of para-hydroxylation sites is 1. The van der Waals surface area contributed by atoms with Gasteiger partial charge in [0.15, 0.2) is 11.5 Å². The Balaban J connectivity index is 2.07. The summed E-state index contributed by atoms with van der Waals surface area (Å²) in [5.74, 6) is 1.26. The molecular weight excluding hydrogens is 372 g/mol. The Labute approximate surface area is 150 Å². The summed E-state index contributed by atoms with van der Waals surface area (Å²) in [4.78, 5) is 12.2. The third kappa shape index (κ3) is 4.20. The number of nitrogens with one attached hydrogen (secondary N) is 2. The van der Waals surface area contributed by atoms with Gasteiger partial charge in [0.1, 0.15) is 0 Å². The molecule has 6 heteroatoms.